The van der Waals surface area contributed by atoms with E-state index in [0.717, 1.165) is 10.7 Å². The van der Waals surface area contributed by atoms with Gasteiger partial charge in [-0.15, -0.1) is 0 Å². The number of alkyl halides is 3. The molecule has 6 nitrogen and oxygen atoms in total. The number of halogens is 4. The number of aromatic nitrogens is 3. The lowest BCUT2D eigenvalue weighted by molar-refractivity contribution is -0.137. The molecule has 2 aromatic heterocycles. The number of nitrogens with zero attached hydrogens (tertiary/aromatic N) is 3. The summed E-state index contributed by atoms with van der Waals surface area (Å²) >= 11 is 0. The summed E-state index contributed by atoms with van der Waals surface area (Å²) in [6.45, 7) is 1.62. The van der Waals surface area contributed by atoms with E-state index in [-0.39, 0.29) is 30.2 Å². The molecule has 10 heteroatoms. The topological polar surface area (TPSA) is 73.0 Å². The predicted octanol–water partition coefficient (Wildman–Crippen LogP) is 5.56. The number of nitrogens with one attached hydrogen (secondary N) is 1. The summed E-state index contributed by atoms with van der Waals surface area (Å²) < 4.78 is 60.0. The summed E-state index contributed by atoms with van der Waals surface area (Å²) in [6.07, 6.45) is -2.95. The number of oxazole rings is 1. The first-order valence-electron chi connectivity index (χ1n) is 9.94. The highest BCUT2D eigenvalue weighted by Gasteiger charge is 2.34. The number of benzene rings is 2. The van der Waals surface area contributed by atoms with Crippen LogP contribution in [0.4, 0.5) is 23.4 Å². The van der Waals surface area contributed by atoms with Crippen molar-refractivity contribution >= 4 is 11.7 Å². The first kappa shape index (κ1) is 22.3. The molecule has 0 saturated heterocycles. The van der Waals surface area contributed by atoms with Crippen LogP contribution in [0.15, 0.2) is 65.2 Å². The van der Waals surface area contributed by atoms with E-state index in [1.165, 1.54) is 42.6 Å². The van der Waals surface area contributed by atoms with E-state index in [4.69, 9.17) is 4.42 Å². The van der Waals surface area contributed by atoms with E-state index in [0.29, 0.717) is 22.9 Å². The highest BCUT2D eigenvalue weighted by atomic mass is 19.4. The summed E-state index contributed by atoms with van der Waals surface area (Å²) in [5.41, 5.74) is 0.0305. The maximum Gasteiger partial charge on any atom is 0.418 e. The number of carbonyl (C=O) groups is 1. The van der Waals surface area contributed by atoms with Crippen molar-refractivity contribution in [2.24, 2.45) is 0 Å². The van der Waals surface area contributed by atoms with Crippen LogP contribution in [0.5, 0.6) is 0 Å². The normalized spacial score (nSPS) is 11.5. The van der Waals surface area contributed by atoms with Crippen molar-refractivity contribution in [3.8, 4) is 17.0 Å². The number of hydrogen-bond donors (Lipinski definition) is 1. The lowest BCUT2D eigenvalue weighted by atomic mass is 10.1. The molecule has 0 unspecified atom stereocenters. The Balaban J connectivity index is 1.46. The molecule has 0 aliphatic rings. The number of aryl methyl sites for hydroxylation is 2. The van der Waals surface area contributed by atoms with E-state index < -0.39 is 17.6 Å². The second kappa shape index (κ2) is 8.89. The lowest BCUT2D eigenvalue weighted by Gasteiger charge is -2.15. The second-order valence-electron chi connectivity index (χ2n) is 7.27. The Labute approximate surface area is 185 Å². The zero-order chi connectivity index (χ0) is 23.6. The van der Waals surface area contributed by atoms with E-state index in [2.05, 4.69) is 15.4 Å². The SMILES string of the molecule is Cc1cc(NC(=O)CCc2ncc(-c3ccc(F)cc3)o2)n(-c2ccccc2C(F)(F)F)n1. The van der Waals surface area contributed by atoms with Crippen molar-refractivity contribution in [3.63, 3.8) is 0 Å². The molecule has 2 heterocycles. The van der Waals surface area contributed by atoms with Crippen LogP contribution >= 0.6 is 0 Å². The highest BCUT2D eigenvalue weighted by molar-refractivity contribution is 5.90. The van der Waals surface area contributed by atoms with Crippen molar-refractivity contribution in [2.45, 2.75) is 25.9 Å². The van der Waals surface area contributed by atoms with Crippen LogP contribution < -0.4 is 5.32 Å². The number of carbonyl (C=O) groups excluding carboxylic acids is 1. The molecule has 33 heavy (non-hydrogen) atoms. The number of para-hydroxylation sites is 1. The third-order valence-electron chi connectivity index (χ3n) is 4.78. The number of rotatable bonds is 6. The number of hydrogen-bond acceptors (Lipinski definition) is 4. The molecule has 0 spiro atoms. The Kier molecular flexibility index (Phi) is 5.99. The van der Waals surface area contributed by atoms with Gasteiger partial charge in [-0.05, 0) is 43.3 Å². The van der Waals surface area contributed by atoms with Gasteiger partial charge in [0.2, 0.25) is 5.91 Å². The lowest BCUT2D eigenvalue weighted by Crippen LogP contribution is -2.17. The second-order valence-corrected chi connectivity index (χ2v) is 7.27. The Morgan fingerprint density at radius 3 is 2.58 bits per heavy atom. The smallest absolute Gasteiger partial charge is 0.418 e. The van der Waals surface area contributed by atoms with Gasteiger partial charge in [-0.25, -0.2) is 14.1 Å². The minimum absolute atomic E-state index is 0.0193. The first-order chi connectivity index (χ1) is 15.7. The number of anilines is 1. The van der Waals surface area contributed by atoms with Gasteiger partial charge < -0.3 is 9.73 Å². The van der Waals surface area contributed by atoms with Gasteiger partial charge in [0, 0.05) is 24.5 Å². The monoisotopic (exact) mass is 458 g/mol. The average molecular weight is 458 g/mol. The van der Waals surface area contributed by atoms with E-state index in [1.54, 1.807) is 19.1 Å². The summed E-state index contributed by atoms with van der Waals surface area (Å²) in [5.74, 6) is 0.0396. The maximum atomic E-state index is 13.4. The average Bonchev–Trinajstić information content (AvgIpc) is 3.39. The fraction of sp³-hybridized carbons (Fsp3) is 0.174. The third kappa shape index (κ3) is 5.11. The first-order valence-corrected chi connectivity index (χ1v) is 9.94. The predicted molar refractivity (Wildman–Crippen MR) is 112 cm³/mol. The van der Waals surface area contributed by atoms with Gasteiger partial charge in [0.25, 0.3) is 0 Å². The van der Waals surface area contributed by atoms with E-state index in [1.807, 2.05) is 0 Å². The summed E-state index contributed by atoms with van der Waals surface area (Å²) in [6, 6.07) is 12.2. The van der Waals surface area contributed by atoms with Crippen molar-refractivity contribution < 1.29 is 26.8 Å². The molecule has 1 N–H and O–H groups in total. The Morgan fingerprint density at radius 2 is 1.85 bits per heavy atom. The molecular formula is C23H18F4N4O2. The van der Waals surface area contributed by atoms with Crippen LogP contribution in [0.25, 0.3) is 17.0 Å². The van der Waals surface area contributed by atoms with Crippen LogP contribution in [0.3, 0.4) is 0 Å². The maximum absolute atomic E-state index is 13.4. The molecule has 4 aromatic rings. The molecule has 0 saturated carbocycles. The van der Waals surface area contributed by atoms with Gasteiger partial charge in [0.05, 0.1) is 23.1 Å². The molecule has 0 fully saturated rings. The molecule has 0 radical (unpaired) electrons. The van der Waals surface area contributed by atoms with Crippen LogP contribution in [0.2, 0.25) is 0 Å². The molecule has 1 amide bonds. The van der Waals surface area contributed by atoms with Crippen LogP contribution in [-0.2, 0) is 17.4 Å². The van der Waals surface area contributed by atoms with Gasteiger partial charge in [-0.1, -0.05) is 12.1 Å². The highest BCUT2D eigenvalue weighted by Crippen LogP contribution is 2.34. The molecular weight excluding hydrogens is 440 g/mol. The van der Waals surface area contributed by atoms with Crippen molar-refractivity contribution in [2.75, 3.05) is 5.32 Å². The minimum atomic E-state index is -4.58. The van der Waals surface area contributed by atoms with Gasteiger partial charge in [-0.3, -0.25) is 4.79 Å². The quantitative estimate of drug-likeness (QED) is 0.384. The Morgan fingerprint density at radius 1 is 1.12 bits per heavy atom. The van der Waals surface area contributed by atoms with E-state index >= 15 is 0 Å². The third-order valence-corrected chi connectivity index (χ3v) is 4.78. The molecule has 0 bridgehead atoms. The molecule has 0 atom stereocenters. The van der Waals surface area contributed by atoms with E-state index in [9.17, 15) is 22.4 Å². The van der Waals surface area contributed by atoms with Crippen molar-refractivity contribution in [1.29, 1.82) is 0 Å². The van der Waals surface area contributed by atoms with Crippen LogP contribution in [0, 0.1) is 12.7 Å². The fourth-order valence-electron chi connectivity index (χ4n) is 3.27. The van der Waals surface area contributed by atoms with Gasteiger partial charge >= 0.3 is 6.18 Å². The standard InChI is InChI=1S/C23H18F4N4O2/c1-14-12-20(31(30-14)18-5-3-2-4-17(18)23(25,26)27)29-21(32)10-11-22-28-13-19(33-22)15-6-8-16(24)9-7-15/h2-9,12-13H,10-11H2,1H3,(H,29,32). The molecule has 2 aromatic carbocycles. The molecule has 0 aliphatic carbocycles. The van der Waals surface area contributed by atoms with Crippen molar-refractivity contribution in [3.05, 3.63) is 83.8 Å². The molecule has 170 valence electrons. The Bertz CT molecular complexity index is 1280. The number of amides is 1. The van der Waals surface area contributed by atoms with Gasteiger partial charge in [-0.2, -0.15) is 18.3 Å². The van der Waals surface area contributed by atoms with Gasteiger partial charge in [0.1, 0.15) is 11.6 Å². The zero-order valence-corrected chi connectivity index (χ0v) is 17.4. The minimum Gasteiger partial charge on any atom is -0.441 e. The summed E-state index contributed by atoms with van der Waals surface area (Å²) in [4.78, 5) is 16.6. The summed E-state index contributed by atoms with van der Waals surface area (Å²) in [5, 5.41) is 6.72. The summed E-state index contributed by atoms with van der Waals surface area (Å²) in [7, 11) is 0. The van der Waals surface area contributed by atoms with Crippen molar-refractivity contribution in [1.82, 2.24) is 14.8 Å². The van der Waals surface area contributed by atoms with Gasteiger partial charge in [0.15, 0.2) is 11.7 Å². The molecule has 0 aliphatic heterocycles. The van der Waals surface area contributed by atoms with Crippen LogP contribution in [0.1, 0.15) is 23.6 Å². The fourth-order valence-corrected chi connectivity index (χ4v) is 3.27. The zero-order valence-electron chi connectivity index (χ0n) is 17.4. The largest absolute Gasteiger partial charge is 0.441 e. The Hall–Kier alpha value is -3.95. The molecule has 4 rings (SSSR count). The van der Waals surface area contributed by atoms with Crippen LogP contribution in [-0.4, -0.2) is 20.7 Å².